The van der Waals surface area contributed by atoms with Crippen molar-refractivity contribution in [1.29, 1.82) is 0 Å². The van der Waals surface area contributed by atoms with Crippen LogP contribution in [0, 0.1) is 11.3 Å². The van der Waals surface area contributed by atoms with Gasteiger partial charge in [0.1, 0.15) is 5.60 Å². The molecule has 1 saturated heterocycles. The second-order valence-electron chi connectivity index (χ2n) is 7.78. The number of carbonyl (C=O) groups excluding carboxylic acids is 1. The molecule has 1 amide bonds. The van der Waals surface area contributed by atoms with Gasteiger partial charge in [-0.1, -0.05) is 44.2 Å². The first-order valence-electron chi connectivity index (χ1n) is 8.51. The number of carbonyl (C=O) groups is 1. The van der Waals surface area contributed by atoms with Crippen molar-refractivity contribution in [1.82, 2.24) is 5.32 Å². The minimum atomic E-state index is -1.35. The van der Waals surface area contributed by atoms with Crippen LogP contribution in [0.3, 0.4) is 0 Å². The average molecular weight is 317 g/mol. The second-order valence-corrected chi connectivity index (χ2v) is 7.78. The molecular formula is C19H27NO3. The Morgan fingerprint density at radius 2 is 2.09 bits per heavy atom. The van der Waals surface area contributed by atoms with Crippen molar-refractivity contribution in [2.75, 3.05) is 6.61 Å². The fourth-order valence-corrected chi connectivity index (χ4v) is 4.06. The van der Waals surface area contributed by atoms with E-state index in [9.17, 15) is 9.90 Å². The summed E-state index contributed by atoms with van der Waals surface area (Å²) in [4.78, 5) is 12.6. The third-order valence-corrected chi connectivity index (χ3v) is 5.62. The third kappa shape index (κ3) is 3.02. The molecule has 23 heavy (non-hydrogen) atoms. The van der Waals surface area contributed by atoms with Crippen LogP contribution < -0.4 is 5.32 Å². The molecule has 4 atom stereocenters. The van der Waals surface area contributed by atoms with Gasteiger partial charge in [0.25, 0.3) is 5.91 Å². The molecule has 4 nitrogen and oxygen atoms in total. The summed E-state index contributed by atoms with van der Waals surface area (Å²) in [5.41, 5.74) is -0.281. The highest BCUT2D eigenvalue weighted by molar-refractivity contribution is 5.85. The third-order valence-electron chi connectivity index (χ3n) is 5.62. The summed E-state index contributed by atoms with van der Waals surface area (Å²) in [6.07, 6.45) is 2.33. The molecule has 126 valence electrons. The number of rotatable bonds is 5. The van der Waals surface area contributed by atoms with E-state index in [0.29, 0.717) is 18.8 Å². The zero-order valence-electron chi connectivity index (χ0n) is 14.2. The molecule has 1 aliphatic heterocycles. The van der Waals surface area contributed by atoms with E-state index in [1.54, 1.807) is 6.92 Å². The highest BCUT2D eigenvalue weighted by Crippen LogP contribution is 2.52. The van der Waals surface area contributed by atoms with Crippen LogP contribution in [-0.2, 0) is 16.0 Å². The minimum Gasteiger partial charge on any atom is -0.380 e. The van der Waals surface area contributed by atoms with Crippen LogP contribution in [0.25, 0.3) is 0 Å². The first-order chi connectivity index (χ1) is 10.8. The van der Waals surface area contributed by atoms with Crippen molar-refractivity contribution in [2.45, 2.75) is 57.8 Å². The summed E-state index contributed by atoms with van der Waals surface area (Å²) in [7, 11) is 0. The molecule has 0 unspecified atom stereocenters. The summed E-state index contributed by atoms with van der Waals surface area (Å²) >= 11 is 0. The van der Waals surface area contributed by atoms with E-state index < -0.39 is 5.60 Å². The molecule has 0 spiro atoms. The predicted octanol–water partition coefficient (Wildman–Crippen LogP) is 2.30. The lowest BCUT2D eigenvalue weighted by atomic mass is 9.57. The maximum absolute atomic E-state index is 12.6. The summed E-state index contributed by atoms with van der Waals surface area (Å²) in [6.45, 7) is 6.64. The molecular weight excluding hydrogens is 290 g/mol. The Balaban J connectivity index is 1.58. The molecule has 0 radical (unpaired) electrons. The lowest BCUT2D eigenvalue weighted by Crippen LogP contribution is -2.68. The van der Waals surface area contributed by atoms with Gasteiger partial charge in [-0.15, -0.1) is 0 Å². The number of aliphatic hydroxyl groups is 1. The normalized spacial score (nSPS) is 30.9. The Bertz CT molecular complexity index is 567. The molecule has 2 N–H and O–H groups in total. The van der Waals surface area contributed by atoms with E-state index >= 15 is 0 Å². The van der Waals surface area contributed by atoms with Gasteiger partial charge in [0.05, 0.1) is 6.10 Å². The van der Waals surface area contributed by atoms with Gasteiger partial charge in [0.2, 0.25) is 0 Å². The van der Waals surface area contributed by atoms with Crippen LogP contribution in [0.4, 0.5) is 0 Å². The van der Waals surface area contributed by atoms with Gasteiger partial charge in [-0.2, -0.15) is 0 Å². The maximum Gasteiger partial charge on any atom is 0.251 e. The number of fused-ring (bicyclic) bond motifs is 1. The number of aryl methyl sites for hydroxylation is 1. The van der Waals surface area contributed by atoms with Crippen molar-refractivity contribution in [3.63, 3.8) is 0 Å². The highest BCUT2D eigenvalue weighted by atomic mass is 16.5. The molecule has 0 bridgehead atoms. The first kappa shape index (κ1) is 16.5. The Hall–Kier alpha value is -1.39. The Labute approximate surface area is 138 Å². The molecule has 4 heteroatoms. The molecule has 1 aliphatic carbocycles. The Kier molecular flexibility index (Phi) is 4.23. The minimum absolute atomic E-state index is 0.0632. The number of hydrogen-bond acceptors (Lipinski definition) is 3. The van der Waals surface area contributed by atoms with Gasteiger partial charge in [-0.3, -0.25) is 4.79 Å². The summed E-state index contributed by atoms with van der Waals surface area (Å²) in [6, 6.07) is 10.0. The standard InChI is InChI=1S/C19H27NO3/c1-18(2)15(14-10-12-23-16(14)18)20-17(21)19(3,22)11-9-13-7-5-4-6-8-13/h4-8,14-16,22H,9-12H2,1-3H3,(H,20,21)/t14-,15-,16-,19+/m1/s1. The van der Waals surface area contributed by atoms with Crippen LogP contribution in [-0.4, -0.2) is 35.4 Å². The smallest absolute Gasteiger partial charge is 0.251 e. The number of amides is 1. The van der Waals surface area contributed by atoms with Gasteiger partial charge in [0, 0.05) is 24.0 Å². The molecule has 3 rings (SSSR count). The highest BCUT2D eigenvalue weighted by Gasteiger charge is 2.60. The van der Waals surface area contributed by atoms with Gasteiger partial charge in [-0.05, 0) is 31.7 Å². The van der Waals surface area contributed by atoms with Gasteiger partial charge < -0.3 is 15.2 Å². The summed E-state index contributed by atoms with van der Waals surface area (Å²) in [5, 5.41) is 13.7. The summed E-state index contributed by atoms with van der Waals surface area (Å²) < 4.78 is 5.76. The molecule has 1 saturated carbocycles. The number of nitrogens with one attached hydrogen (secondary N) is 1. The SMILES string of the molecule is CC1(C)[C@H](NC(=O)[C@@](C)(O)CCc2ccccc2)[C@H]2CCO[C@H]21. The van der Waals surface area contributed by atoms with Crippen molar-refractivity contribution in [2.24, 2.45) is 11.3 Å². The average Bonchev–Trinajstić information content (AvgIpc) is 2.98. The summed E-state index contributed by atoms with van der Waals surface area (Å²) in [5.74, 6) is 0.121. The molecule has 1 heterocycles. The van der Waals surface area contributed by atoms with E-state index in [-0.39, 0.29) is 23.5 Å². The Morgan fingerprint density at radius 1 is 1.39 bits per heavy atom. The van der Waals surface area contributed by atoms with E-state index in [4.69, 9.17) is 4.74 Å². The Morgan fingerprint density at radius 3 is 2.78 bits per heavy atom. The van der Waals surface area contributed by atoms with Crippen LogP contribution in [0.2, 0.25) is 0 Å². The monoisotopic (exact) mass is 317 g/mol. The van der Waals surface area contributed by atoms with Gasteiger partial charge in [0.15, 0.2) is 0 Å². The number of benzene rings is 1. The lowest BCUT2D eigenvalue weighted by molar-refractivity contribution is -0.152. The van der Waals surface area contributed by atoms with Gasteiger partial charge >= 0.3 is 0 Å². The second kappa shape index (κ2) is 5.91. The molecule has 2 fully saturated rings. The van der Waals surface area contributed by atoms with Crippen LogP contribution in [0.15, 0.2) is 30.3 Å². The molecule has 0 aromatic heterocycles. The van der Waals surface area contributed by atoms with Crippen LogP contribution in [0.5, 0.6) is 0 Å². The van der Waals surface area contributed by atoms with Crippen molar-refractivity contribution < 1.29 is 14.6 Å². The molecule has 1 aromatic rings. The topological polar surface area (TPSA) is 58.6 Å². The van der Waals surface area contributed by atoms with Gasteiger partial charge in [-0.25, -0.2) is 0 Å². The van der Waals surface area contributed by atoms with Crippen LogP contribution in [0.1, 0.15) is 39.2 Å². The van der Waals surface area contributed by atoms with Crippen LogP contribution >= 0.6 is 0 Å². The van der Waals surface area contributed by atoms with Crippen molar-refractivity contribution in [3.8, 4) is 0 Å². The van der Waals surface area contributed by atoms with E-state index in [0.717, 1.165) is 18.6 Å². The first-order valence-corrected chi connectivity index (χ1v) is 8.51. The zero-order valence-corrected chi connectivity index (χ0v) is 14.2. The largest absolute Gasteiger partial charge is 0.380 e. The quantitative estimate of drug-likeness (QED) is 0.876. The van der Waals surface area contributed by atoms with E-state index in [1.165, 1.54) is 0 Å². The maximum atomic E-state index is 12.6. The molecule has 2 aliphatic rings. The zero-order chi connectivity index (χ0) is 16.7. The predicted molar refractivity (Wildman–Crippen MR) is 88.9 cm³/mol. The fraction of sp³-hybridized carbons (Fsp3) is 0.632. The lowest BCUT2D eigenvalue weighted by Gasteiger charge is -2.55. The van der Waals surface area contributed by atoms with E-state index in [2.05, 4.69) is 19.2 Å². The van der Waals surface area contributed by atoms with E-state index in [1.807, 2.05) is 30.3 Å². The van der Waals surface area contributed by atoms with Crippen molar-refractivity contribution in [3.05, 3.63) is 35.9 Å². The number of hydrogen-bond donors (Lipinski definition) is 2. The molecule has 1 aromatic carbocycles. The van der Waals surface area contributed by atoms with Crippen molar-refractivity contribution >= 4 is 5.91 Å². The number of ether oxygens (including phenoxy) is 1. The fourth-order valence-electron chi connectivity index (χ4n) is 4.06.